The predicted molar refractivity (Wildman–Crippen MR) is 97.0 cm³/mol. The van der Waals surface area contributed by atoms with Crippen LogP contribution in [0, 0.1) is 6.07 Å². The van der Waals surface area contributed by atoms with E-state index in [1.807, 2.05) is 0 Å². The second-order valence-corrected chi connectivity index (χ2v) is 7.46. The van der Waals surface area contributed by atoms with Crippen molar-refractivity contribution in [1.29, 1.82) is 0 Å². The van der Waals surface area contributed by atoms with Crippen molar-refractivity contribution < 1.29 is 53.9 Å². The molecule has 10 nitrogen and oxygen atoms in total. The van der Waals surface area contributed by atoms with Gasteiger partial charge in [-0.3, -0.25) is 9.10 Å². The maximum Gasteiger partial charge on any atom is 2.00 e. The van der Waals surface area contributed by atoms with E-state index in [0.29, 0.717) is 4.31 Å². The number of aromatic nitrogens is 1. The van der Waals surface area contributed by atoms with Crippen LogP contribution in [-0.4, -0.2) is 54.4 Å². The number of pyridine rings is 1. The third-order valence-electron chi connectivity index (χ3n) is 3.93. The van der Waals surface area contributed by atoms with Crippen LogP contribution in [0.15, 0.2) is 47.1 Å². The number of sulfonamides is 1. The van der Waals surface area contributed by atoms with Crippen molar-refractivity contribution in [2.45, 2.75) is 4.90 Å². The first-order chi connectivity index (χ1) is 13.3. The average molecular weight is 585 g/mol. The molecule has 1 aliphatic rings. The Labute approximate surface area is 180 Å². The van der Waals surface area contributed by atoms with Gasteiger partial charge in [0.15, 0.2) is 0 Å². The van der Waals surface area contributed by atoms with Gasteiger partial charge in [0.1, 0.15) is 11.5 Å². The van der Waals surface area contributed by atoms with Crippen LogP contribution in [-0.2, 0) is 45.3 Å². The van der Waals surface area contributed by atoms with Crippen LogP contribution in [0.2, 0.25) is 0 Å². The number of rotatable bonds is 5. The Morgan fingerprint density at radius 1 is 1.38 bits per heavy atom. The topological polar surface area (TPSA) is 146 Å². The third kappa shape index (κ3) is 4.05. The summed E-state index contributed by atoms with van der Waals surface area (Å²) in [6, 6.07) is 9.49. The van der Waals surface area contributed by atoms with Gasteiger partial charge < -0.3 is 24.9 Å². The van der Waals surface area contributed by atoms with Gasteiger partial charge in [0, 0.05) is 13.2 Å². The summed E-state index contributed by atoms with van der Waals surface area (Å²) in [4.78, 5) is 26.6. The molecule has 0 bridgehead atoms. The van der Waals surface area contributed by atoms with Gasteiger partial charge in [-0.05, 0) is 17.0 Å². The Morgan fingerprint density at radius 2 is 2.10 bits per heavy atom. The number of carbonyl (C=O) groups excluding carboxylic acids is 2. The first kappa shape index (κ1) is 22.6. The summed E-state index contributed by atoms with van der Waals surface area (Å²) in [6.45, 7) is 1.02. The zero-order chi connectivity index (χ0) is 20.5. The van der Waals surface area contributed by atoms with Crippen LogP contribution in [0.1, 0.15) is 5.56 Å². The maximum atomic E-state index is 12.8. The number of amides is 1. The number of hydrogen-bond donors (Lipinski definition) is 3. The zero-order valence-corrected chi connectivity index (χ0v) is 18.4. The second kappa shape index (κ2) is 8.77. The standard InChI is InChI=1S/C16H12BN3O7S.W/c1-20-14(16(23)19-12-7-2-3-8-18-12)15(22)13-10(17(24)27-9-21)5-4-6-11(13)28(20,25)26;/h2-4,6-8,22,24H,1H3,(H,18,19,23);/q-2;+2. The first-order valence-corrected chi connectivity index (χ1v) is 9.13. The van der Waals surface area contributed by atoms with Crippen LogP contribution < -0.4 is 10.8 Å². The average Bonchev–Trinajstić information content (AvgIpc) is 2.67. The molecule has 0 saturated heterocycles. The molecule has 0 spiro atoms. The number of carbonyl (C=O) groups is 1. The molecule has 0 unspecified atom stereocenters. The van der Waals surface area contributed by atoms with Gasteiger partial charge in [0.05, 0.1) is 5.76 Å². The van der Waals surface area contributed by atoms with E-state index in [9.17, 15) is 28.1 Å². The molecule has 1 aliphatic heterocycles. The number of nitrogens with zero attached hydrogens (tertiary/aromatic N) is 2. The van der Waals surface area contributed by atoms with Gasteiger partial charge in [-0.15, -0.1) is 11.5 Å². The van der Waals surface area contributed by atoms with Crippen LogP contribution in [0.4, 0.5) is 5.82 Å². The van der Waals surface area contributed by atoms with Gasteiger partial charge in [-0.1, -0.05) is 18.1 Å². The van der Waals surface area contributed by atoms with Crippen molar-refractivity contribution in [3.63, 3.8) is 0 Å². The molecule has 1 aromatic carbocycles. The van der Waals surface area contributed by atoms with Crippen LogP contribution in [0.5, 0.6) is 0 Å². The molecule has 2 aromatic rings. The molecule has 0 radical (unpaired) electrons. The SMILES string of the molecule is CN1C(C(=O)Nc2ccccn2)=C(O)c2c(B(O)O[C-]=O)[c-]ccc2S1(=O)=O.[W+2]. The van der Waals surface area contributed by atoms with E-state index < -0.39 is 45.0 Å². The molecule has 0 saturated carbocycles. The molecule has 13 heteroatoms. The molecule has 0 aliphatic carbocycles. The molecule has 3 N–H and O–H groups in total. The van der Waals surface area contributed by atoms with E-state index in [1.165, 1.54) is 18.3 Å². The minimum absolute atomic E-state index is 0. The van der Waals surface area contributed by atoms with Crippen molar-refractivity contribution in [2.24, 2.45) is 0 Å². The largest absolute Gasteiger partial charge is 2.00 e. The van der Waals surface area contributed by atoms with Crippen LogP contribution in [0.3, 0.4) is 0 Å². The molecule has 2 heterocycles. The molecule has 1 amide bonds. The van der Waals surface area contributed by atoms with Crippen molar-refractivity contribution in [3.05, 3.63) is 53.9 Å². The Hall–Kier alpha value is -2.69. The van der Waals surface area contributed by atoms with Gasteiger partial charge >= 0.3 is 28.2 Å². The Bertz CT molecular complexity index is 1080. The Balaban J connectivity index is 0.00000300. The Kier molecular flexibility index (Phi) is 6.83. The van der Waals surface area contributed by atoms with Gasteiger partial charge in [-0.2, -0.15) is 12.1 Å². The molecule has 148 valence electrons. The van der Waals surface area contributed by atoms with Crippen molar-refractivity contribution in [1.82, 2.24) is 9.29 Å². The summed E-state index contributed by atoms with van der Waals surface area (Å²) in [5.74, 6) is -1.58. The smallest absolute Gasteiger partial charge is 0.702 e. The van der Waals surface area contributed by atoms with E-state index in [-0.39, 0.29) is 32.3 Å². The number of aliphatic hydroxyl groups excluding tert-OH is 1. The van der Waals surface area contributed by atoms with E-state index in [0.717, 1.165) is 19.6 Å². The first-order valence-electron chi connectivity index (χ1n) is 7.69. The number of benzene rings is 1. The van der Waals surface area contributed by atoms with Gasteiger partial charge in [0.2, 0.25) is 10.0 Å². The molecular formula is C16H12BN3O7SW. The summed E-state index contributed by atoms with van der Waals surface area (Å²) < 4.78 is 30.5. The monoisotopic (exact) mass is 585 g/mol. The predicted octanol–water partition coefficient (Wildman–Crippen LogP) is -0.850. The van der Waals surface area contributed by atoms with Crippen molar-refractivity contribution in [2.75, 3.05) is 12.4 Å². The number of hydrogen-bond acceptors (Lipinski definition) is 8. The van der Waals surface area contributed by atoms with Crippen LogP contribution in [0.25, 0.3) is 5.76 Å². The molecule has 29 heavy (non-hydrogen) atoms. The van der Waals surface area contributed by atoms with E-state index in [4.69, 9.17) is 0 Å². The normalized spacial score (nSPS) is 14.3. The summed E-state index contributed by atoms with van der Waals surface area (Å²) in [6.07, 6.45) is 1.41. The minimum Gasteiger partial charge on any atom is -0.702 e. The van der Waals surface area contributed by atoms with Crippen molar-refractivity contribution in [3.8, 4) is 0 Å². The summed E-state index contributed by atoms with van der Waals surface area (Å²) in [5, 5.41) is 23.0. The van der Waals surface area contributed by atoms with E-state index in [1.54, 1.807) is 12.1 Å². The quantitative estimate of drug-likeness (QED) is 0.304. The van der Waals surface area contributed by atoms with Crippen LogP contribution >= 0.6 is 0 Å². The molecule has 0 fully saturated rings. The molecule has 3 rings (SSSR count). The fraction of sp³-hybridized carbons (Fsp3) is 0.0625. The fourth-order valence-electron chi connectivity index (χ4n) is 2.65. The van der Waals surface area contributed by atoms with Gasteiger partial charge in [0.25, 0.3) is 5.91 Å². The summed E-state index contributed by atoms with van der Waals surface area (Å²) >= 11 is 0. The number of anilines is 1. The number of nitrogens with one attached hydrogen (secondary N) is 1. The molecule has 0 atom stereocenters. The number of likely N-dealkylation sites (N-methyl/N-ethyl adjacent to an activating group) is 1. The molecular weight excluding hydrogens is 573 g/mol. The maximum absolute atomic E-state index is 12.8. The van der Waals surface area contributed by atoms with E-state index >= 15 is 0 Å². The fourth-order valence-corrected chi connectivity index (χ4v) is 4.06. The summed E-state index contributed by atoms with van der Waals surface area (Å²) in [5.41, 5.74) is -1.37. The third-order valence-corrected chi connectivity index (χ3v) is 5.73. The Morgan fingerprint density at radius 3 is 2.72 bits per heavy atom. The number of fused-ring (bicyclic) bond motifs is 1. The summed E-state index contributed by atoms with van der Waals surface area (Å²) in [7, 11) is -5.13. The molecule has 1 aromatic heterocycles. The van der Waals surface area contributed by atoms with Gasteiger partial charge in [-0.25, -0.2) is 13.4 Å². The van der Waals surface area contributed by atoms with E-state index in [2.05, 4.69) is 21.0 Å². The second-order valence-electron chi connectivity index (χ2n) is 5.52. The number of aliphatic hydroxyl groups is 1. The zero-order valence-electron chi connectivity index (χ0n) is 14.7. The van der Waals surface area contributed by atoms with Crippen molar-refractivity contribution >= 4 is 46.6 Å². The minimum atomic E-state index is -4.26.